The molecule has 0 aromatic carbocycles. The van der Waals surface area contributed by atoms with E-state index in [0.29, 0.717) is 0 Å². The van der Waals surface area contributed by atoms with Gasteiger partial charge in [-0.15, -0.1) is 0 Å². The van der Waals surface area contributed by atoms with E-state index in [2.05, 4.69) is 0 Å². The normalized spacial score (nSPS) is 1.50. The molecule has 6 radical (unpaired) electrons. The van der Waals surface area contributed by atoms with Crippen molar-refractivity contribution in [3.05, 3.63) is 0 Å². The van der Waals surface area contributed by atoms with Gasteiger partial charge in [-0.3, -0.25) is 0 Å². The Balaban J connectivity index is -0.00000000500. The van der Waals surface area contributed by atoms with E-state index >= 15 is 0 Å². The largest absolute Gasteiger partial charge is 0.0683 e. The molecule has 0 N–H and O–H groups in total. The van der Waals surface area contributed by atoms with Crippen LogP contribution < -0.4 is 0 Å². The van der Waals surface area contributed by atoms with Crippen molar-refractivity contribution in [2.24, 2.45) is 0 Å². The molecule has 0 spiro atoms. The third-order valence-corrected chi connectivity index (χ3v) is 0. The van der Waals surface area contributed by atoms with E-state index in [9.17, 15) is 0 Å². The Morgan fingerprint density at radius 1 is 0.750 bits per heavy atom. The maximum absolute atomic E-state index is 2.00. The van der Waals surface area contributed by atoms with E-state index < -0.39 is 0 Å². The Bertz CT molecular complexity index is 4.00. The Labute approximate surface area is 31.7 Å². The van der Waals surface area contributed by atoms with Gasteiger partial charge in [-0.1, -0.05) is 13.8 Å². The Kier molecular flexibility index (Phi) is 6670. The molecular formula is C2H6B2. The van der Waals surface area contributed by atoms with Gasteiger partial charge in [0.25, 0.3) is 0 Å². The van der Waals surface area contributed by atoms with Gasteiger partial charge in [0.05, 0.1) is 0 Å². The van der Waals surface area contributed by atoms with Crippen molar-refractivity contribution >= 4 is 16.8 Å². The molecule has 0 fully saturated rings. The third kappa shape index (κ3) is 161. The maximum atomic E-state index is 2.00. The minimum absolute atomic E-state index is 0. The van der Waals surface area contributed by atoms with Gasteiger partial charge in [-0.05, 0) is 0 Å². The molecule has 0 heterocycles. The van der Waals surface area contributed by atoms with Crippen LogP contribution in [-0.2, 0) is 0 Å². The average Bonchev–Trinajstić information content (AvgIpc) is 1.00. The van der Waals surface area contributed by atoms with Gasteiger partial charge >= 0.3 is 0 Å². The second-order valence-corrected chi connectivity index (χ2v) is 0. The summed E-state index contributed by atoms with van der Waals surface area (Å²) in [5.41, 5.74) is 0. The lowest BCUT2D eigenvalue weighted by molar-refractivity contribution is 1.50. The summed E-state index contributed by atoms with van der Waals surface area (Å²) in [5, 5.41) is 0. The molecule has 0 saturated heterocycles. The molecule has 0 bridgehead atoms. The molecule has 0 aliphatic heterocycles. The van der Waals surface area contributed by atoms with Crippen molar-refractivity contribution in [1.29, 1.82) is 0 Å². The Morgan fingerprint density at radius 2 is 0.750 bits per heavy atom. The predicted molar refractivity (Wildman–Crippen MR) is 22.9 cm³/mol. The lowest BCUT2D eigenvalue weighted by atomic mass is 10.8. The highest BCUT2D eigenvalue weighted by molar-refractivity contribution is 5.76. The molecule has 0 amide bonds. The van der Waals surface area contributed by atoms with Crippen LogP contribution in [0.15, 0.2) is 0 Å². The van der Waals surface area contributed by atoms with Crippen molar-refractivity contribution in [3.63, 3.8) is 0 Å². The maximum Gasteiger partial charge on any atom is 0 e. The molecule has 20 valence electrons. The fourth-order valence-electron chi connectivity index (χ4n) is 0. The van der Waals surface area contributed by atoms with E-state index in [1.54, 1.807) is 0 Å². The SMILES string of the molecule is CC.[B].[B]. The minimum Gasteiger partial charge on any atom is -0.0683 e. The van der Waals surface area contributed by atoms with Gasteiger partial charge in [0.1, 0.15) is 0 Å². The Hall–Kier alpha value is 0.130. The fourth-order valence-corrected chi connectivity index (χ4v) is 0. The van der Waals surface area contributed by atoms with Crippen molar-refractivity contribution in [2.45, 2.75) is 13.8 Å². The van der Waals surface area contributed by atoms with E-state index in [1.807, 2.05) is 13.8 Å². The van der Waals surface area contributed by atoms with E-state index in [1.165, 1.54) is 0 Å². The van der Waals surface area contributed by atoms with Gasteiger partial charge in [0, 0.05) is 16.8 Å². The quantitative estimate of drug-likeness (QED) is 0.347. The van der Waals surface area contributed by atoms with E-state index in [4.69, 9.17) is 0 Å². The Morgan fingerprint density at radius 3 is 0.750 bits per heavy atom. The van der Waals surface area contributed by atoms with Gasteiger partial charge in [0.2, 0.25) is 0 Å². The van der Waals surface area contributed by atoms with Gasteiger partial charge in [-0.2, -0.15) is 0 Å². The second-order valence-electron chi connectivity index (χ2n) is 0. The average molecular weight is 51.7 g/mol. The highest BCUT2D eigenvalue weighted by Crippen LogP contribution is 1.14. The molecule has 0 aromatic heterocycles. The summed E-state index contributed by atoms with van der Waals surface area (Å²) in [4.78, 5) is 0. The highest BCUT2D eigenvalue weighted by Gasteiger charge is 0.932. The lowest BCUT2D eigenvalue weighted by Crippen LogP contribution is -0.856. The summed E-state index contributed by atoms with van der Waals surface area (Å²) < 4.78 is 0. The predicted octanol–water partition coefficient (Wildman–Crippen LogP) is 0.265. The molecule has 0 aliphatic rings. The van der Waals surface area contributed by atoms with Crippen LogP contribution in [0.3, 0.4) is 0 Å². The van der Waals surface area contributed by atoms with Crippen molar-refractivity contribution in [2.75, 3.05) is 0 Å². The summed E-state index contributed by atoms with van der Waals surface area (Å²) in [6.45, 7) is 4.00. The van der Waals surface area contributed by atoms with Crippen molar-refractivity contribution in [1.82, 2.24) is 0 Å². The van der Waals surface area contributed by atoms with Crippen LogP contribution in [0.25, 0.3) is 0 Å². The summed E-state index contributed by atoms with van der Waals surface area (Å²) in [5.74, 6) is 0. The van der Waals surface area contributed by atoms with E-state index in [0.717, 1.165) is 0 Å². The molecule has 0 rings (SSSR count). The van der Waals surface area contributed by atoms with Crippen LogP contribution in [0, 0.1) is 0 Å². The number of hydrogen-bond donors (Lipinski definition) is 0. The van der Waals surface area contributed by atoms with E-state index in [-0.39, 0.29) is 16.8 Å². The first-order valence-corrected chi connectivity index (χ1v) is 1.00. The zero-order valence-electron chi connectivity index (χ0n) is 3.15. The zero-order valence-corrected chi connectivity index (χ0v) is 3.15. The van der Waals surface area contributed by atoms with Gasteiger partial charge in [-0.25, -0.2) is 0 Å². The molecular weight excluding hydrogens is 45.6 g/mol. The first-order chi connectivity index (χ1) is 1.00. The first-order valence-electron chi connectivity index (χ1n) is 1.00. The van der Waals surface area contributed by atoms with Crippen LogP contribution in [0.5, 0.6) is 0 Å². The summed E-state index contributed by atoms with van der Waals surface area (Å²) in [6, 6.07) is 0. The molecule has 0 nitrogen and oxygen atoms in total. The summed E-state index contributed by atoms with van der Waals surface area (Å²) >= 11 is 0. The molecule has 0 saturated carbocycles. The van der Waals surface area contributed by atoms with Crippen LogP contribution in [0.1, 0.15) is 13.8 Å². The fraction of sp³-hybridized carbons (Fsp3) is 1.00. The highest BCUT2D eigenvalue weighted by atomic mass is 13.0. The van der Waals surface area contributed by atoms with Gasteiger partial charge in [0.15, 0.2) is 0 Å². The molecule has 4 heavy (non-hydrogen) atoms. The smallest absolute Gasteiger partial charge is 0 e. The topological polar surface area (TPSA) is 0 Å². The van der Waals surface area contributed by atoms with Crippen LogP contribution >= 0.6 is 0 Å². The van der Waals surface area contributed by atoms with Crippen LogP contribution in [0.2, 0.25) is 0 Å². The standard InChI is InChI=1S/C2H6.2B/c1-2;;/h1-2H3;;. The molecule has 0 atom stereocenters. The molecule has 0 aliphatic carbocycles. The monoisotopic (exact) mass is 52.1 g/mol. The van der Waals surface area contributed by atoms with Crippen LogP contribution in [0.4, 0.5) is 0 Å². The van der Waals surface area contributed by atoms with Crippen LogP contribution in [-0.4, -0.2) is 16.8 Å². The second kappa shape index (κ2) is 842. The number of rotatable bonds is 0. The summed E-state index contributed by atoms with van der Waals surface area (Å²) in [7, 11) is 0. The molecule has 0 aromatic rings. The molecule has 0 unspecified atom stereocenters. The first kappa shape index (κ1) is 31.7. The summed E-state index contributed by atoms with van der Waals surface area (Å²) in [6.07, 6.45) is 0. The zero-order chi connectivity index (χ0) is 2.00. The van der Waals surface area contributed by atoms with Crippen molar-refractivity contribution in [3.8, 4) is 0 Å². The van der Waals surface area contributed by atoms with Crippen molar-refractivity contribution < 1.29 is 0 Å². The lowest BCUT2D eigenvalue weighted by Gasteiger charge is -1.07. The number of hydrogen-bond acceptors (Lipinski definition) is 0. The van der Waals surface area contributed by atoms with Gasteiger partial charge < -0.3 is 0 Å². The minimum atomic E-state index is 0. The molecule has 2 heteroatoms. The third-order valence-electron chi connectivity index (χ3n) is 0.